The van der Waals surface area contributed by atoms with Crippen LogP contribution in [0.1, 0.15) is 36.2 Å². The van der Waals surface area contributed by atoms with Gasteiger partial charge in [-0.3, -0.25) is 4.79 Å². The number of likely N-dealkylation sites (tertiary alicyclic amines) is 1. The highest BCUT2D eigenvalue weighted by atomic mass is 35.5. The number of esters is 1. The standard InChI is InChI=1S/C21H20ClNO4/c1-20(2,26-15-9-7-14(22)8-10-15)19(25)23-12-11-21(13-23)17-6-4-3-5-16(17)18(24)27-21/h3-10H,11-13H2,1-2H3. The lowest BCUT2D eigenvalue weighted by molar-refractivity contribution is -0.145. The summed E-state index contributed by atoms with van der Waals surface area (Å²) in [6.07, 6.45) is 0.582. The maximum absolute atomic E-state index is 13.1. The second kappa shape index (κ2) is 6.27. The van der Waals surface area contributed by atoms with Gasteiger partial charge >= 0.3 is 5.97 Å². The van der Waals surface area contributed by atoms with Crippen LogP contribution in [0.5, 0.6) is 5.75 Å². The maximum atomic E-state index is 13.1. The Morgan fingerprint density at radius 2 is 1.89 bits per heavy atom. The van der Waals surface area contributed by atoms with E-state index in [2.05, 4.69) is 0 Å². The fraction of sp³-hybridized carbons (Fsp3) is 0.333. The Balaban J connectivity index is 1.52. The molecule has 0 aromatic heterocycles. The van der Waals surface area contributed by atoms with Gasteiger partial charge in [0.25, 0.3) is 5.91 Å². The van der Waals surface area contributed by atoms with Gasteiger partial charge in [0.1, 0.15) is 5.75 Å². The third kappa shape index (κ3) is 3.06. The van der Waals surface area contributed by atoms with Gasteiger partial charge in [-0.15, -0.1) is 0 Å². The molecule has 2 aliphatic rings. The Bertz CT molecular complexity index is 909. The SMILES string of the molecule is CC(C)(Oc1ccc(Cl)cc1)C(=O)N1CCC2(C1)OC(=O)c1ccccc12. The maximum Gasteiger partial charge on any atom is 0.339 e. The van der Waals surface area contributed by atoms with Crippen LogP contribution < -0.4 is 4.74 Å². The third-order valence-corrected chi connectivity index (χ3v) is 5.40. The molecule has 5 nitrogen and oxygen atoms in total. The molecule has 1 spiro atoms. The van der Waals surface area contributed by atoms with E-state index < -0.39 is 11.2 Å². The number of hydrogen-bond acceptors (Lipinski definition) is 4. The number of carbonyl (C=O) groups excluding carboxylic acids is 2. The first-order valence-corrected chi connectivity index (χ1v) is 9.25. The van der Waals surface area contributed by atoms with Crippen molar-refractivity contribution in [3.63, 3.8) is 0 Å². The molecule has 140 valence electrons. The molecule has 1 amide bonds. The monoisotopic (exact) mass is 385 g/mol. The van der Waals surface area contributed by atoms with Gasteiger partial charge < -0.3 is 14.4 Å². The normalized spacial score (nSPS) is 21.3. The highest BCUT2D eigenvalue weighted by molar-refractivity contribution is 6.30. The van der Waals surface area contributed by atoms with Crippen LogP contribution in [-0.4, -0.2) is 35.5 Å². The minimum Gasteiger partial charge on any atom is -0.478 e. The summed E-state index contributed by atoms with van der Waals surface area (Å²) in [6, 6.07) is 14.3. The summed E-state index contributed by atoms with van der Waals surface area (Å²) in [5, 5.41) is 0.606. The van der Waals surface area contributed by atoms with Gasteiger partial charge in [0.15, 0.2) is 11.2 Å². The Kier molecular flexibility index (Phi) is 4.15. The van der Waals surface area contributed by atoms with Crippen LogP contribution in [0.2, 0.25) is 5.02 Å². The van der Waals surface area contributed by atoms with Gasteiger partial charge in [0, 0.05) is 23.6 Å². The summed E-state index contributed by atoms with van der Waals surface area (Å²) in [5.74, 6) is 0.107. The predicted molar refractivity (Wildman–Crippen MR) is 101 cm³/mol. The van der Waals surface area contributed by atoms with Crippen LogP contribution in [0.4, 0.5) is 0 Å². The highest BCUT2D eigenvalue weighted by Gasteiger charge is 2.52. The van der Waals surface area contributed by atoms with Crippen molar-refractivity contribution in [2.45, 2.75) is 31.5 Å². The minimum absolute atomic E-state index is 0.144. The quantitative estimate of drug-likeness (QED) is 0.754. The molecule has 0 bridgehead atoms. The van der Waals surface area contributed by atoms with E-state index in [4.69, 9.17) is 21.1 Å². The number of carbonyl (C=O) groups is 2. The Hall–Kier alpha value is -2.53. The lowest BCUT2D eigenvalue weighted by atomic mass is 9.91. The Labute approximate surface area is 162 Å². The minimum atomic E-state index is -1.05. The first kappa shape index (κ1) is 17.9. The molecule has 0 aliphatic carbocycles. The summed E-state index contributed by atoms with van der Waals surface area (Å²) in [5.41, 5.74) is -0.355. The molecule has 27 heavy (non-hydrogen) atoms. The zero-order chi connectivity index (χ0) is 19.2. The van der Waals surface area contributed by atoms with E-state index in [1.54, 1.807) is 49.1 Å². The molecule has 2 aromatic rings. The predicted octanol–water partition coefficient (Wildman–Crippen LogP) is 3.80. The lowest BCUT2D eigenvalue weighted by Crippen LogP contribution is -2.49. The number of rotatable bonds is 3. The van der Waals surface area contributed by atoms with E-state index in [0.29, 0.717) is 35.8 Å². The van der Waals surface area contributed by atoms with Gasteiger partial charge in [-0.2, -0.15) is 0 Å². The van der Waals surface area contributed by atoms with Crippen LogP contribution in [0.25, 0.3) is 0 Å². The second-order valence-corrected chi connectivity index (χ2v) is 7.91. The van der Waals surface area contributed by atoms with Crippen LogP contribution >= 0.6 is 11.6 Å². The summed E-state index contributed by atoms with van der Waals surface area (Å²) >= 11 is 5.90. The van der Waals surface area contributed by atoms with E-state index in [1.807, 2.05) is 18.2 Å². The Morgan fingerprint density at radius 3 is 2.63 bits per heavy atom. The van der Waals surface area contributed by atoms with Crippen LogP contribution in [0.15, 0.2) is 48.5 Å². The first-order chi connectivity index (χ1) is 12.8. The number of ether oxygens (including phenoxy) is 2. The molecule has 0 radical (unpaired) electrons. The molecule has 2 heterocycles. The number of fused-ring (bicyclic) bond motifs is 2. The summed E-state index contributed by atoms with van der Waals surface area (Å²) < 4.78 is 11.6. The number of nitrogens with zero attached hydrogens (tertiary/aromatic N) is 1. The molecule has 2 aliphatic heterocycles. The molecule has 1 fully saturated rings. The van der Waals surface area contributed by atoms with Gasteiger partial charge in [0.2, 0.25) is 0 Å². The highest BCUT2D eigenvalue weighted by Crippen LogP contribution is 2.43. The average Bonchev–Trinajstić information content (AvgIpc) is 3.19. The number of amides is 1. The van der Waals surface area contributed by atoms with Crippen LogP contribution in [0.3, 0.4) is 0 Å². The summed E-state index contributed by atoms with van der Waals surface area (Å²) in [6.45, 7) is 4.32. The third-order valence-electron chi connectivity index (χ3n) is 5.15. The summed E-state index contributed by atoms with van der Waals surface area (Å²) in [4.78, 5) is 27.0. The van der Waals surface area contributed by atoms with E-state index in [1.165, 1.54) is 0 Å². The molecule has 1 atom stereocenters. The van der Waals surface area contributed by atoms with E-state index in [0.717, 1.165) is 5.56 Å². The van der Waals surface area contributed by atoms with Crippen molar-refractivity contribution >= 4 is 23.5 Å². The smallest absolute Gasteiger partial charge is 0.339 e. The van der Waals surface area contributed by atoms with E-state index >= 15 is 0 Å². The molecule has 4 rings (SSSR count). The van der Waals surface area contributed by atoms with Gasteiger partial charge in [-0.1, -0.05) is 29.8 Å². The molecule has 2 aromatic carbocycles. The van der Waals surface area contributed by atoms with Crippen LogP contribution in [-0.2, 0) is 15.1 Å². The zero-order valence-corrected chi connectivity index (χ0v) is 16.0. The van der Waals surface area contributed by atoms with Crippen molar-refractivity contribution in [1.82, 2.24) is 4.90 Å². The largest absolute Gasteiger partial charge is 0.478 e. The molecule has 1 saturated heterocycles. The van der Waals surface area contributed by atoms with Crippen molar-refractivity contribution in [3.8, 4) is 5.75 Å². The molecular weight excluding hydrogens is 366 g/mol. The number of hydrogen-bond donors (Lipinski definition) is 0. The van der Waals surface area contributed by atoms with E-state index in [-0.39, 0.29) is 11.9 Å². The zero-order valence-electron chi connectivity index (χ0n) is 15.2. The molecule has 1 unspecified atom stereocenters. The molecule has 0 N–H and O–H groups in total. The second-order valence-electron chi connectivity index (χ2n) is 7.47. The average molecular weight is 386 g/mol. The van der Waals surface area contributed by atoms with Gasteiger partial charge in [-0.25, -0.2) is 4.79 Å². The van der Waals surface area contributed by atoms with Crippen LogP contribution in [0, 0.1) is 0 Å². The van der Waals surface area contributed by atoms with Crippen molar-refractivity contribution < 1.29 is 19.1 Å². The van der Waals surface area contributed by atoms with Crippen molar-refractivity contribution in [2.75, 3.05) is 13.1 Å². The Morgan fingerprint density at radius 1 is 1.19 bits per heavy atom. The van der Waals surface area contributed by atoms with Gasteiger partial charge in [-0.05, 0) is 44.2 Å². The lowest BCUT2D eigenvalue weighted by Gasteiger charge is -2.31. The number of halogens is 1. The molecule has 6 heteroatoms. The summed E-state index contributed by atoms with van der Waals surface area (Å²) in [7, 11) is 0. The fourth-order valence-electron chi connectivity index (χ4n) is 3.83. The molecule has 0 saturated carbocycles. The first-order valence-electron chi connectivity index (χ1n) is 8.88. The van der Waals surface area contributed by atoms with E-state index in [9.17, 15) is 9.59 Å². The van der Waals surface area contributed by atoms with Crippen molar-refractivity contribution in [1.29, 1.82) is 0 Å². The fourth-order valence-corrected chi connectivity index (χ4v) is 3.95. The number of benzene rings is 2. The topological polar surface area (TPSA) is 55.8 Å². The molecular formula is C21H20ClNO4. The van der Waals surface area contributed by atoms with Crippen molar-refractivity contribution in [2.24, 2.45) is 0 Å². The van der Waals surface area contributed by atoms with Gasteiger partial charge in [0.05, 0.1) is 12.1 Å². The van der Waals surface area contributed by atoms with Crippen molar-refractivity contribution in [3.05, 3.63) is 64.7 Å².